The van der Waals surface area contributed by atoms with Crippen LogP contribution in [0, 0.1) is 5.92 Å². The Morgan fingerprint density at radius 1 is 1.07 bits per heavy atom. The van der Waals surface area contributed by atoms with Crippen LogP contribution < -0.4 is 25.6 Å². The van der Waals surface area contributed by atoms with Crippen LogP contribution in [0.4, 0.5) is 10.5 Å². The Hall–Kier alpha value is -5.80. The summed E-state index contributed by atoms with van der Waals surface area (Å²) in [6, 6.07) is 7.20. The van der Waals surface area contributed by atoms with Gasteiger partial charge in [0, 0.05) is 76.4 Å². The predicted octanol–water partition coefficient (Wildman–Crippen LogP) is 4.13. The number of aliphatic hydroxyl groups is 1. The number of rotatable bonds is 18. The number of thioether (sulfide) groups is 1. The maximum atomic E-state index is 14.3. The molecule has 4 bridgehead atoms. The van der Waals surface area contributed by atoms with Gasteiger partial charge in [0.1, 0.15) is 40.7 Å². The third-order valence-corrected chi connectivity index (χ3v) is 14.4. The number of hydrogen-bond acceptors (Lipinski definition) is 15. The molecule has 0 aromatic heterocycles. The molecule has 2 saturated heterocycles. The summed E-state index contributed by atoms with van der Waals surface area (Å²) in [6.45, 7) is 7.21. The van der Waals surface area contributed by atoms with Gasteiger partial charge in [0.05, 0.1) is 31.1 Å². The van der Waals surface area contributed by atoms with E-state index in [0.717, 1.165) is 16.7 Å². The number of carbonyl (C=O) groups is 8. The molecule has 2 aromatic rings. The molecule has 0 spiro atoms. The standard InChI is InChI=1S/C50H64ClN5O14S/c1-29-10-9-11-39(67-8)50(65)25-38(68-48(64)54-50)30(2)46-49(4,70-46)40(24-44(62)56(6)36-22-33(20-29)23-37(66-7)45(36)51)69-47(63)31(3)55(5)43(61)16-19-71-28-42(60)53-18-17-52-41(59)15-13-32-12-14-34(26-57)35(21-32)27-58/h9-12,14,21-23,26-27,30-31,38-40,46,65H,13,15-20,24-25,28H2,1-8H3,(H,52,59)(H,53,60)(H,54,64)/b11-9+,29-10+/t30?,31-,38?,39?,40-,46?,49?,50?/m0/s1. The van der Waals surface area contributed by atoms with Crippen molar-refractivity contribution in [2.75, 3.05) is 57.8 Å². The number of likely N-dealkylation sites (N-methyl/N-ethyl adjacent to an activating group) is 1. The molecular formula is C50H64ClN5O14S. The molecule has 5 rings (SSSR count). The molecule has 386 valence electrons. The first-order valence-corrected chi connectivity index (χ1v) is 24.7. The van der Waals surface area contributed by atoms with Gasteiger partial charge in [-0.25, -0.2) is 9.59 Å². The molecule has 21 heteroatoms. The monoisotopic (exact) mass is 1030 g/mol. The Balaban J connectivity index is 1.20. The van der Waals surface area contributed by atoms with E-state index in [2.05, 4.69) is 16.0 Å². The molecule has 3 aliphatic rings. The zero-order chi connectivity index (χ0) is 52.2. The van der Waals surface area contributed by atoms with Gasteiger partial charge in [0.25, 0.3) is 0 Å². The Morgan fingerprint density at radius 2 is 1.77 bits per heavy atom. The average Bonchev–Trinajstić information content (AvgIpc) is 4.04. The summed E-state index contributed by atoms with van der Waals surface area (Å²) in [7, 11) is 5.87. The number of hydrogen-bond donors (Lipinski definition) is 4. The van der Waals surface area contributed by atoms with Gasteiger partial charge < -0.3 is 49.2 Å². The lowest BCUT2D eigenvalue weighted by Gasteiger charge is -2.42. The van der Waals surface area contributed by atoms with Crippen LogP contribution in [0.1, 0.15) is 85.2 Å². The Kier molecular flexibility index (Phi) is 19.8. The number of epoxide rings is 1. The molecule has 71 heavy (non-hydrogen) atoms. The van der Waals surface area contributed by atoms with Crippen molar-refractivity contribution in [3.8, 4) is 5.75 Å². The first kappa shape index (κ1) is 56.1. The molecule has 3 heterocycles. The van der Waals surface area contributed by atoms with Crippen molar-refractivity contribution < 1.29 is 67.1 Å². The fraction of sp³-hybridized carbons (Fsp3) is 0.520. The number of amides is 5. The molecule has 0 radical (unpaired) electrons. The van der Waals surface area contributed by atoms with Crippen molar-refractivity contribution in [2.45, 2.75) is 108 Å². The van der Waals surface area contributed by atoms with Crippen LogP contribution in [-0.4, -0.2) is 153 Å². The topological polar surface area (TPSA) is 249 Å². The van der Waals surface area contributed by atoms with Gasteiger partial charge in [-0.3, -0.25) is 34.1 Å². The van der Waals surface area contributed by atoms with Crippen molar-refractivity contribution in [1.29, 1.82) is 0 Å². The third-order valence-electron chi connectivity index (χ3n) is 13.0. The first-order valence-electron chi connectivity index (χ1n) is 23.2. The third kappa shape index (κ3) is 14.4. The van der Waals surface area contributed by atoms with Gasteiger partial charge in [-0.2, -0.15) is 11.8 Å². The maximum absolute atomic E-state index is 14.3. The second kappa shape index (κ2) is 25.0. The van der Waals surface area contributed by atoms with Crippen molar-refractivity contribution >= 4 is 77.3 Å². The normalized spacial score (nSPS) is 25.9. The predicted molar refractivity (Wildman–Crippen MR) is 264 cm³/mol. The summed E-state index contributed by atoms with van der Waals surface area (Å²) >= 11 is 8.01. The Bertz CT molecular complexity index is 2400. The fourth-order valence-corrected chi connectivity index (χ4v) is 9.57. The van der Waals surface area contributed by atoms with Crippen LogP contribution in [0.3, 0.4) is 0 Å². The molecule has 2 aromatic carbocycles. The highest BCUT2D eigenvalue weighted by atomic mass is 35.5. The van der Waals surface area contributed by atoms with E-state index in [1.54, 1.807) is 57.3 Å². The van der Waals surface area contributed by atoms with Crippen molar-refractivity contribution in [1.82, 2.24) is 20.9 Å². The minimum atomic E-state index is -1.88. The SMILES string of the molecule is COc1cc2cc(c1Cl)N(C)C(=O)C[C@H](OC(=O)[C@H](C)N(C)C(=O)CCSCC(=O)NCCNC(=O)CCc1ccc(C=O)c(C=O)c1)C1(C)OC1C(C)C1CC(O)(NC(=O)O1)C(OC)/C=C/C=C(\C)C2. The molecule has 0 saturated carbocycles. The number of nitrogens with zero attached hydrogens (tertiary/aromatic N) is 2. The van der Waals surface area contributed by atoms with Gasteiger partial charge in [-0.15, -0.1) is 0 Å². The van der Waals surface area contributed by atoms with Crippen LogP contribution >= 0.6 is 23.4 Å². The van der Waals surface area contributed by atoms with Gasteiger partial charge in [-0.1, -0.05) is 54.5 Å². The fourth-order valence-electron chi connectivity index (χ4n) is 8.51. The van der Waals surface area contributed by atoms with E-state index in [0.29, 0.717) is 36.9 Å². The number of esters is 1. The second-order valence-electron chi connectivity index (χ2n) is 18.1. The number of methoxy groups -OCH3 is 2. The molecule has 3 aliphatic heterocycles. The highest BCUT2D eigenvalue weighted by molar-refractivity contribution is 7.99. The van der Waals surface area contributed by atoms with E-state index < -0.39 is 71.6 Å². The van der Waals surface area contributed by atoms with Crippen molar-refractivity contribution in [3.05, 3.63) is 81.4 Å². The summed E-state index contributed by atoms with van der Waals surface area (Å²) in [4.78, 5) is 104. The number of ether oxygens (including phenoxy) is 5. The Morgan fingerprint density at radius 3 is 2.45 bits per heavy atom. The lowest BCUT2D eigenvalue weighted by Crippen LogP contribution is -2.63. The number of anilines is 1. The number of aryl methyl sites for hydroxylation is 1. The van der Waals surface area contributed by atoms with Crippen LogP contribution in [-0.2, 0) is 55.8 Å². The number of alkyl carbamates (subject to hydrolysis) is 1. The van der Waals surface area contributed by atoms with E-state index in [1.807, 2.05) is 13.0 Å². The van der Waals surface area contributed by atoms with Gasteiger partial charge >= 0.3 is 12.1 Å². The molecule has 6 unspecified atom stereocenters. The lowest BCUT2D eigenvalue weighted by molar-refractivity contribution is -0.162. The number of benzene rings is 2. The number of aldehydes is 2. The lowest BCUT2D eigenvalue weighted by atomic mass is 9.83. The maximum Gasteiger partial charge on any atom is 0.409 e. The molecule has 5 amide bonds. The number of fused-ring (bicyclic) bond motifs is 5. The minimum absolute atomic E-state index is 0.0128. The van der Waals surface area contributed by atoms with Gasteiger partial charge in [-0.05, 0) is 62.9 Å². The zero-order valence-corrected chi connectivity index (χ0v) is 42.8. The summed E-state index contributed by atoms with van der Waals surface area (Å²) < 4.78 is 29.3. The van der Waals surface area contributed by atoms with E-state index >= 15 is 0 Å². The summed E-state index contributed by atoms with van der Waals surface area (Å²) in [5, 5.41) is 19.9. The number of nitrogens with one attached hydrogen (secondary N) is 3. The number of halogens is 1. The van der Waals surface area contributed by atoms with E-state index in [-0.39, 0.29) is 78.2 Å². The zero-order valence-electron chi connectivity index (χ0n) is 41.2. The number of allylic oxidation sites excluding steroid dienone is 3. The number of carbonyl (C=O) groups excluding carboxylic acids is 8. The highest BCUT2D eigenvalue weighted by Gasteiger charge is 2.64. The Labute approximate surface area is 422 Å². The largest absolute Gasteiger partial charge is 0.495 e. The van der Waals surface area contributed by atoms with Crippen molar-refractivity contribution in [3.63, 3.8) is 0 Å². The van der Waals surface area contributed by atoms with E-state index in [9.17, 15) is 43.5 Å². The summed E-state index contributed by atoms with van der Waals surface area (Å²) in [5.41, 5.74) is 0.104. The second-order valence-corrected chi connectivity index (χ2v) is 19.6. The minimum Gasteiger partial charge on any atom is -0.495 e. The first-order chi connectivity index (χ1) is 33.7. The van der Waals surface area contributed by atoms with Crippen LogP contribution in [0.15, 0.2) is 54.1 Å². The van der Waals surface area contributed by atoms with E-state index in [4.69, 9.17) is 35.3 Å². The van der Waals surface area contributed by atoms with Gasteiger partial charge in [0.15, 0.2) is 18.3 Å². The summed E-state index contributed by atoms with van der Waals surface area (Å²) in [5.74, 6) is -2.22. The smallest absolute Gasteiger partial charge is 0.409 e. The van der Waals surface area contributed by atoms with Crippen LogP contribution in [0.5, 0.6) is 5.75 Å². The molecule has 19 nitrogen and oxygen atoms in total. The average molecular weight is 1030 g/mol. The van der Waals surface area contributed by atoms with Gasteiger partial charge in [0.2, 0.25) is 23.6 Å². The quantitative estimate of drug-likeness (QED) is 0.0710. The highest BCUT2D eigenvalue weighted by Crippen LogP contribution is 2.49. The summed E-state index contributed by atoms with van der Waals surface area (Å²) in [6.07, 6.45) is 2.10. The molecule has 4 N–H and O–H groups in total. The van der Waals surface area contributed by atoms with Crippen LogP contribution in [0.25, 0.3) is 0 Å². The molecule has 0 aliphatic carbocycles. The molecule has 2 fully saturated rings. The molecule has 8 atom stereocenters. The van der Waals surface area contributed by atoms with Crippen molar-refractivity contribution in [2.24, 2.45) is 5.92 Å². The van der Waals surface area contributed by atoms with Crippen LogP contribution in [0.2, 0.25) is 5.02 Å². The van der Waals surface area contributed by atoms with E-state index in [1.165, 1.54) is 55.8 Å². The molecular weight excluding hydrogens is 962 g/mol.